The summed E-state index contributed by atoms with van der Waals surface area (Å²) in [5.41, 5.74) is 7.59. The third-order valence-electron chi connectivity index (χ3n) is 5.66. The molecular weight excluding hydrogens is 503 g/mol. The van der Waals surface area contributed by atoms with Crippen molar-refractivity contribution >= 4 is 29.4 Å². The predicted octanol–water partition coefficient (Wildman–Crippen LogP) is 3.52. The summed E-state index contributed by atoms with van der Waals surface area (Å²) >= 11 is 6.00. The van der Waals surface area contributed by atoms with Crippen LogP contribution in [0.25, 0.3) is 11.1 Å². The van der Waals surface area contributed by atoms with Crippen LogP contribution in [0.4, 0.5) is 4.39 Å². The van der Waals surface area contributed by atoms with E-state index in [2.05, 4.69) is 15.6 Å². The number of nitrogens with zero attached hydrogens (tertiary/aromatic N) is 1. The topological polar surface area (TPSA) is 148 Å². The third kappa shape index (κ3) is 7.61. The van der Waals surface area contributed by atoms with Crippen molar-refractivity contribution in [3.05, 3.63) is 76.7 Å². The minimum absolute atomic E-state index is 0.0480. The molecule has 0 spiro atoms. The van der Waals surface area contributed by atoms with Gasteiger partial charge in [0.2, 0.25) is 5.91 Å². The highest BCUT2D eigenvalue weighted by atomic mass is 35.5. The van der Waals surface area contributed by atoms with Gasteiger partial charge in [-0.25, -0.2) is 14.2 Å². The Labute approximate surface area is 218 Å². The highest BCUT2D eigenvalue weighted by Crippen LogP contribution is 2.26. The summed E-state index contributed by atoms with van der Waals surface area (Å²) in [7, 11) is 0. The van der Waals surface area contributed by atoms with Crippen LogP contribution in [0.15, 0.2) is 53.1 Å². The van der Waals surface area contributed by atoms with Crippen LogP contribution in [0, 0.1) is 5.82 Å². The fraction of sp³-hybridized carbons (Fsp3) is 0.308. The van der Waals surface area contributed by atoms with Crippen LogP contribution in [-0.4, -0.2) is 46.5 Å². The fourth-order valence-electron chi connectivity index (χ4n) is 3.68. The molecule has 11 heteroatoms. The molecule has 0 fully saturated rings. The number of hydrogen-bond acceptors (Lipinski definition) is 6. The largest absolute Gasteiger partial charge is 0.480 e. The van der Waals surface area contributed by atoms with Crippen molar-refractivity contribution in [2.75, 3.05) is 6.54 Å². The molecule has 0 aliphatic heterocycles. The second-order valence-corrected chi connectivity index (χ2v) is 9.26. The van der Waals surface area contributed by atoms with E-state index < -0.39 is 35.7 Å². The molecule has 2 atom stereocenters. The molecule has 2 amide bonds. The van der Waals surface area contributed by atoms with Crippen LogP contribution in [0.1, 0.15) is 48.1 Å². The first-order valence-electron chi connectivity index (χ1n) is 11.6. The number of benzene rings is 2. The highest BCUT2D eigenvalue weighted by Gasteiger charge is 2.27. The van der Waals surface area contributed by atoms with E-state index in [0.29, 0.717) is 21.8 Å². The number of aromatic nitrogens is 1. The molecule has 0 saturated heterocycles. The Kier molecular flexibility index (Phi) is 9.37. The molecule has 0 aliphatic carbocycles. The second-order valence-electron chi connectivity index (χ2n) is 8.83. The molecule has 3 aromatic rings. The molecule has 0 radical (unpaired) electrons. The normalized spacial score (nSPS) is 12.7. The quantitative estimate of drug-likeness (QED) is 0.296. The summed E-state index contributed by atoms with van der Waals surface area (Å²) in [6.07, 6.45) is 1.48. The van der Waals surface area contributed by atoms with Crippen LogP contribution >= 0.6 is 11.6 Å². The van der Waals surface area contributed by atoms with Crippen molar-refractivity contribution in [2.24, 2.45) is 5.73 Å². The highest BCUT2D eigenvalue weighted by molar-refractivity contribution is 6.30. The van der Waals surface area contributed by atoms with E-state index in [1.165, 1.54) is 24.5 Å². The SMILES string of the molecule is CC(C)c1coc(C(=O)N[C@H](Cc2ccc(-c3cc(Cl)ccc3F)cc2)C[C@@H](NC(=O)CN)C(=O)O)n1. The standard InChI is InChI=1S/C26H28ClFN4O5/c1-14(2)22-13-37-25(32-22)24(34)30-18(11-21(26(35)36)31-23(33)12-29)9-15-3-5-16(6-4-15)19-10-17(27)7-8-20(19)28/h3-8,10,13-14,18,21H,9,11-12,29H2,1-2H3,(H,30,34)(H,31,33)(H,35,36)/t18-,21-/m1/s1. The Morgan fingerprint density at radius 3 is 2.43 bits per heavy atom. The lowest BCUT2D eigenvalue weighted by molar-refractivity contribution is -0.142. The lowest BCUT2D eigenvalue weighted by Gasteiger charge is -2.23. The predicted molar refractivity (Wildman–Crippen MR) is 136 cm³/mol. The van der Waals surface area contributed by atoms with E-state index in [4.69, 9.17) is 21.8 Å². The van der Waals surface area contributed by atoms with E-state index in [1.807, 2.05) is 13.8 Å². The van der Waals surface area contributed by atoms with Gasteiger partial charge in [-0.05, 0) is 48.1 Å². The maximum atomic E-state index is 14.3. The van der Waals surface area contributed by atoms with Crippen LogP contribution in [0.2, 0.25) is 5.02 Å². The molecule has 3 rings (SSSR count). The van der Waals surface area contributed by atoms with E-state index >= 15 is 0 Å². The van der Waals surface area contributed by atoms with Crippen molar-refractivity contribution < 1.29 is 28.3 Å². The molecule has 0 unspecified atom stereocenters. The average molecular weight is 531 g/mol. The van der Waals surface area contributed by atoms with Crippen LogP contribution in [0.5, 0.6) is 0 Å². The van der Waals surface area contributed by atoms with Crippen LogP contribution in [-0.2, 0) is 16.0 Å². The van der Waals surface area contributed by atoms with Crippen molar-refractivity contribution in [1.29, 1.82) is 0 Å². The Balaban J connectivity index is 1.83. The molecule has 5 N–H and O–H groups in total. The van der Waals surface area contributed by atoms with Gasteiger partial charge in [0.05, 0.1) is 12.2 Å². The molecule has 9 nitrogen and oxygen atoms in total. The lowest BCUT2D eigenvalue weighted by atomic mass is 9.96. The summed E-state index contributed by atoms with van der Waals surface area (Å²) in [6, 6.07) is 9.14. The zero-order valence-electron chi connectivity index (χ0n) is 20.3. The molecule has 37 heavy (non-hydrogen) atoms. The molecule has 1 heterocycles. The molecule has 2 aromatic carbocycles. The number of hydrogen-bond donors (Lipinski definition) is 4. The number of amides is 2. The smallest absolute Gasteiger partial charge is 0.326 e. The van der Waals surface area contributed by atoms with Gasteiger partial charge >= 0.3 is 11.9 Å². The van der Waals surface area contributed by atoms with Crippen molar-refractivity contribution in [3.63, 3.8) is 0 Å². The molecule has 0 aliphatic rings. The zero-order valence-corrected chi connectivity index (χ0v) is 21.1. The van der Waals surface area contributed by atoms with Gasteiger partial charge in [-0.15, -0.1) is 0 Å². The molecule has 0 saturated carbocycles. The summed E-state index contributed by atoms with van der Waals surface area (Å²) < 4.78 is 19.5. The fourth-order valence-corrected chi connectivity index (χ4v) is 3.85. The van der Waals surface area contributed by atoms with E-state index in [1.54, 1.807) is 24.3 Å². The maximum Gasteiger partial charge on any atom is 0.326 e. The van der Waals surface area contributed by atoms with Crippen LogP contribution in [0.3, 0.4) is 0 Å². The number of halogens is 2. The van der Waals surface area contributed by atoms with Gasteiger partial charge < -0.3 is 25.9 Å². The molecular formula is C26H28ClFN4O5. The Morgan fingerprint density at radius 1 is 1.14 bits per heavy atom. The number of rotatable bonds is 11. The van der Waals surface area contributed by atoms with Crippen molar-refractivity contribution in [1.82, 2.24) is 15.6 Å². The molecule has 0 bridgehead atoms. The van der Waals surface area contributed by atoms with Gasteiger partial charge in [0, 0.05) is 16.6 Å². The number of aliphatic carboxylic acids is 1. The first-order valence-corrected chi connectivity index (χ1v) is 12.0. The van der Waals surface area contributed by atoms with Gasteiger partial charge in [-0.1, -0.05) is 49.7 Å². The Bertz CT molecular complexity index is 1260. The van der Waals surface area contributed by atoms with Crippen molar-refractivity contribution in [3.8, 4) is 11.1 Å². The van der Waals surface area contributed by atoms with Gasteiger partial charge in [0.1, 0.15) is 18.1 Å². The van der Waals surface area contributed by atoms with Gasteiger partial charge in [-0.2, -0.15) is 0 Å². The summed E-state index contributed by atoms with van der Waals surface area (Å²) in [4.78, 5) is 40.6. The Hall–Kier alpha value is -3.76. The number of carbonyl (C=O) groups excluding carboxylic acids is 2. The summed E-state index contributed by atoms with van der Waals surface area (Å²) in [5, 5.41) is 15.1. The first-order chi connectivity index (χ1) is 17.6. The Morgan fingerprint density at radius 2 is 1.84 bits per heavy atom. The van der Waals surface area contributed by atoms with Gasteiger partial charge in [-0.3, -0.25) is 9.59 Å². The minimum atomic E-state index is -1.29. The number of oxazole rings is 1. The number of carbonyl (C=O) groups is 3. The number of nitrogens with two attached hydrogens (primary N) is 1. The third-order valence-corrected chi connectivity index (χ3v) is 5.89. The first kappa shape index (κ1) is 27.8. The van der Waals surface area contributed by atoms with E-state index in [9.17, 15) is 23.9 Å². The zero-order chi connectivity index (χ0) is 27.1. The van der Waals surface area contributed by atoms with E-state index in [0.717, 1.165) is 5.56 Å². The number of carboxylic acid groups (broad SMARTS) is 1. The number of nitrogens with one attached hydrogen (secondary N) is 2. The summed E-state index contributed by atoms with van der Waals surface area (Å²) in [6.45, 7) is 3.42. The van der Waals surface area contributed by atoms with E-state index in [-0.39, 0.29) is 31.2 Å². The average Bonchev–Trinajstić information content (AvgIpc) is 3.36. The van der Waals surface area contributed by atoms with Crippen LogP contribution < -0.4 is 16.4 Å². The second kappa shape index (κ2) is 12.5. The van der Waals surface area contributed by atoms with Gasteiger partial charge in [0.15, 0.2) is 0 Å². The number of carboxylic acids is 1. The molecule has 196 valence electrons. The minimum Gasteiger partial charge on any atom is -0.480 e. The summed E-state index contributed by atoms with van der Waals surface area (Å²) in [5.74, 6) is -3.06. The van der Waals surface area contributed by atoms with Gasteiger partial charge in [0.25, 0.3) is 5.89 Å². The molecule has 1 aromatic heterocycles. The monoisotopic (exact) mass is 530 g/mol. The maximum absolute atomic E-state index is 14.3. The lowest BCUT2D eigenvalue weighted by Crippen LogP contribution is -2.48. The van der Waals surface area contributed by atoms with Crippen molar-refractivity contribution in [2.45, 2.75) is 44.7 Å².